The lowest BCUT2D eigenvalue weighted by Crippen LogP contribution is -2.08. The van der Waals surface area contributed by atoms with Crippen LogP contribution in [0.2, 0.25) is 0 Å². The Hall–Kier alpha value is -0.340. The SMILES string of the molecule is C=CCOCC1CCOC1. The molecule has 0 bridgehead atoms. The number of hydrogen-bond donors (Lipinski definition) is 0. The zero-order valence-corrected chi connectivity index (χ0v) is 6.21. The van der Waals surface area contributed by atoms with Crippen LogP contribution < -0.4 is 0 Å². The molecule has 1 rings (SSSR count). The third-order valence-corrected chi connectivity index (χ3v) is 1.61. The highest BCUT2D eigenvalue weighted by molar-refractivity contribution is 4.67. The van der Waals surface area contributed by atoms with Crippen LogP contribution in [0.25, 0.3) is 0 Å². The summed E-state index contributed by atoms with van der Waals surface area (Å²) in [6, 6.07) is 0. The van der Waals surface area contributed by atoms with Crippen LogP contribution in [0.5, 0.6) is 0 Å². The Balaban J connectivity index is 1.96. The Morgan fingerprint density at radius 2 is 2.60 bits per heavy atom. The van der Waals surface area contributed by atoms with E-state index < -0.39 is 0 Å². The van der Waals surface area contributed by atoms with E-state index in [-0.39, 0.29) is 0 Å². The molecule has 0 spiro atoms. The second-order valence-corrected chi connectivity index (χ2v) is 2.56. The Morgan fingerprint density at radius 3 is 3.20 bits per heavy atom. The highest BCUT2D eigenvalue weighted by Crippen LogP contribution is 2.11. The van der Waals surface area contributed by atoms with Gasteiger partial charge >= 0.3 is 0 Å². The molecule has 1 aliphatic rings. The molecule has 2 heteroatoms. The van der Waals surface area contributed by atoms with Gasteiger partial charge in [0, 0.05) is 12.5 Å². The van der Waals surface area contributed by atoms with Gasteiger partial charge in [-0.2, -0.15) is 0 Å². The molecule has 1 atom stereocenters. The van der Waals surface area contributed by atoms with E-state index in [1.165, 1.54) is 0 Å². The summed E-state index contributed by atoms with van der Waals surface area (Å²) in [5, 5.41) is 0. The lowest BCUT2D eigenvalue weighted by Gasteiger charge is -2.05. The summed E-state index contributed by atoms with van der Waals surface area (Å²) in [6.07, 6.45) is 2.92. The number of hydrogen-bond acceptors (Lipinski definition) is 2. The van der Waals surface area contributed by atoms with Crippen molar-refractivity contribution in [1.29, 1.82) is 0 Å². The molecular weight excluding hydrogens is 128 g/mol. The fourth-order valence-electron chi connectivity index (χ4n) is 1.03. The van der Waals surface area contributed by atoms with Crippen molar-refractivity contribution in [2.75, 3.05) is 26.4 Å². The fraction of sp³-hybridized carbons (Fsp3) is 0.750. The van der Waals surface area contributed by atoms with E-state index in [1.807, 2.05) is 0 Å². The largest absolute Gasteiger partial charge is 0.381 e. The maximum atomic E-state index is 5.27. The van der Waals surface area contributed by atoms with Gasteiger partial charge in [-0.25, -0.2) is 0 Å². The van der Waals surface area contributed by atoms with Crippen molar-refractivity contribution in [3.63, 3.8) is 0 Å². The van der Waals surface area contributed by atoms with Crippen LogP contribution in [0.15, 0.2) is 12.7 Å². The molecule has 1 unspecified atom stereocenters. The van der Waals surface area contributed by atoms with Gasteiger partial charge in [0.25, 0.3) is 0 Å². The van der Waals surface area contributed by atoms with Gasteiger partial charge in [0.2, 0.25) is 0 Å². The van der Waals surface area contributed by atoms with Crippen LogP contribution >= 0.6 is 0 Å². The molecule has 0 radical (unpaired) electrons. The molecule has 58 valence electrons. The van der Waals surface area contributed by atoms with E-state index in [0.29, 0.717) is 12.5 Å². The molecule has 0 aromatic carbocycles. The summed E-state index contributed by atoms with van der Waals surface area (Å²) >= 11 is 0. The van der Waals surface area contributed by atoms with Gasteiger partial charge in [-0.15, -0.1) is 6.58 Å². The zero-order valence-electron chi connectivity index (χ0n) is 6.21. The van der Waals surface area contributed by atoms with Crippen LogP contribution in [-0.4, -0.2) is 26.4 Å². The van der Waals surface area contributed by atoms with Gasteiger partial charge in [0.05, 0.1) is 19.8 Å². The summed E-state index contributed by atoms with van der Waals surface area (Å²) in [5.41, 5.74) is 0. The van der Waals surface area contributed by atoms with Crippen molar-refractivity contribution in [2.24, 2.45) is 5.92 Å². The summed E-state index contributed by atoms with van der Waals surface area (Å²) in [4.78, 5) is 0. The van der Waals surface area contributed by atoms with Crippen molar-refractivity contribution >= 4 is 0 Å². The quantitative estimate of drug-likeness (QED) is 0.434. The first-order valence-corrected chi connectivity index (χ1v) is 3.70. The topological polar surface area (TPSA) is 18.5 Å². The molecule has 0 saturated carbocycles. The molecule has 0 N–H and O–H groups in total. The predicted octanol–water partition coefficient (Wildman–Crippen LogP) is 1.23. The third-order valence-electron chi connectivity index (χ3n) is 1.61. The van der Waals surface area contributed by atoms with E-state index in [1.54, 1.807) is 6.08 Å². The Kier molecular flexibility index (Phi) is 3.47. The fourth-order valence-corrected chi connectivity index (χ4v) is 1.03. The maximum Gasteiger partial charge on any atom is 0.0644 e. The molecule has 0 aliphatic carbocycles. The third kappa shape index (κ3) is 2.50. The Morgan fingerprint density at radius 1 is 1.70 bits per heavy atom. The minimum Gasteiger partial charge on any atom is -0.381 e. The molecule has 1 fully saturated rings. The van der Waals surface area contributed by atoms with Crippen molar-refractivity contribution < 1.29 is 9.47 Å². The molecule has 10 heavy (non-hydrogen) atoms. The second-order valence-electron chi connectivity index (χ2n) is 2.56. The average Bonchev–Trinajstić information content (AvgIpc) is 2.41. The van der Waals surface area contributed by atoms with Gasteiger partial charge in [-0.1, -0.05) is 6.08 Å². The first-order chi connectivity index (χ1) is 4.93. The molecule has 1 heterocycles. The minimum atomic E-state index is 0.625. The zero-order chi connectivity index (χ0) is 7.23. The van der Waals surface area contributed by atoms with Gasteiger partial charge < -0.3 is 9.47 Å². The summed E-state index contributed by atoms with van der Waals surface area (Å²) in [7, 11) is 0. The van der Waals surface area contributed by atoms with E-state index in [9.17, 15) is 0 Å². The average molecular weight is 142 g/mol. The lowest BCUT2D eigenvalue weighted by atomic mass is 10.1. The second kappa shape index (κ2) is 4.47. The highest BCUT2D eigenvalue weighted by Gasteiger charge is 2.14. The Bertz CT molecular complexity index is 95.4. The molecule has 2 nitrogen and oxygen atoms in total. The standard InChI is InChI=1S/C8H14O2/c1-2-4-9-6-8-3-5-10-7-8/h2,8H,1,3-7H2. The van der Waals surface area contributed by atoms with Crippen molar-refractivity contribution in [2.45, 2.75) is 6.42 Å². The predicted molar refractivity (Wildman–Crippen MR) is 39.9 cm³/mol. The minimum absolute atomic E-state index is 0.625. The summed E-state index contributed by atoms with van der Waals surface area (Å²) in [5.74, 6) is 0.625. The van der Waals surface area contributed by atoms with Crippen LogP contribution in [0.3, 0.4) is 0 Å². The van der Waals surface area contributed by atoms with Crippen LogP contribution in [0.1, 0.15) is 6.42 Å². The van der Waals surface area contributed by atoms with E-state index in [0.717, 1.165) is 26.2 Å². The first-order valence-electron chi connectivity index (χ1n) is 3.70. The van der Waals surface area contributed by atoms with Crippen molar-refractivity contribution in [3.8, 4) is 0 Å². The van der Waals surface area contributed by atoms with Gasteiger partial charge in [-0.05, 0) is 6.42 Å². The first kappa shape index (κ1) is 7.76. The normalized spacial score (nSPS) is 25.0. The van der Waals surface area contributed by atoms with Crippen LogP contribution in [0, 0.1) is 5.92 Å². The van der Waals surface area contributed by atoms with Crippen LogP contribution in [0.4, 0.5) is 0 Å². The maximum absolute atomic E-state index is 5.27. The van der Waals surface area contributed by atoms with E-state index in [4.69, 9.17) is 9.47 Å². The number of rotatable bonds is 4. The molecule has 0 aromatic rings. The van der Waals surface area contributed by atoms with Crippen molar-refractivity contribution in [3.05, 3.63) is 12.7 Å². The Labute approximate surface area is 61.8 Å². The van der Waals surface area contributed by atoms with Crippen molar-refractivity contribution in [1.82, 2.24) is 0 Å². The molecule has 1 aliphatic heterocycles. The molecule has 0 amide bonds. The van der Waals surface area contributed by atoms with Crippen LogP contribution in [-0.2, 0) is 9.47 Å². The smallest absolute Gasteiger partial charge is 0.0644 e. The molecule has 0 aromatic heterocycles. The highest BCUT2D eigenvalue weighted by atomic mass is 16.5. The molecular formula is C8H14O2. The lowest BCUT2D eigenvalue weighted by molar-refractivity contribution is 0.108. The summed E-state index contributed by atoms with van der Waals surface area (Å²) < 4.78 is 10.5. The van der Waals surface area contributed by atoms with Gasteiger partial charge in [0.1, 0.15) is 0 Å². The molecule has 1 saturated heterocycles. The number of ether oxygens (including phenoxy) is 2. The monoisotopic (exact) mass is 142 g/mol. The summed E-state index contributed by atoms with van der Waals surface area (Å²) in [6.45, 7) is 6.83. The van der Waals surface area contributed by atoms with E-state index in [2.05, 4.69) is 6.58 Å². The van der Waals surface area contributed by atoms with E-state index >= 15 is 0 Å². The van der Waals surface area contributed by atoms with Gasteiger partial charge in [0.15, 0.2) is 0 Å². The van der Waals surface area contributed by atoms with Gasteiger partial charge in [-0.3, -0.25) is 0 Å².